The zero-order valence-electron chi connectivity index (χ0n) is 11.6. The van der Waals surface area contributed by atoms with E-state index in [1.165, 1.54) is 17.0 Å². The van der Waals surface area contributed by atoms with E-state index in [0.29, 0.717) is 6.54 Å². The van der Waals surface area contributed by atoms with Gasteiger partial charge >= 0.3 is 0 Å². The lowest BCUT2D eigenvalue weighted by atomic mass is 10.2. The van der Waals surface area contributed by atoms with Gasteiger partial charge in [-0.15, -0.1) is 0 Å². The predicted molar refractivity (Wildman–Crippen MR) is 77.8 cm³/mol. The molecule has 0 saturated carbocycles. The molecule has 1 aliphatic rings. The fraction of sp³-hybridized carbons (Fsp3) is 0.286. The van der Waals surface area contributed by atoms with Crippen LogP contribution >= 0.6 is 0 Å². The first-order chi connectivity index (χ1) is 9.97. The number of para-hydroxylation sites is 1. The summed E-state index contributed by atoms with van der Waals surface area (Å²) < 4.78 is 24.6. The Morgan fingerprint density at radius 1 is 1.33 bits per heavy atom. The lowest BCUT2D eigenvalue weighted by Crippen LogP contribution is -2.32. The number of carbonyl (C=O) groups excluding carboxylic acids is 1. The topological polar surface area (TPSA) is 72.3 Å². The first-order valence-corrected chi connectivity index (χ1v) is 8.45. The highest BCUT2D eigenvalue weighted by Crippen LogP contribution is 2.27. The Bertz CT molecular complexity index is 795. The first kappa shape index (κ1) is 13.8. The van der Waals surface area contributed by atoms with Crippen LogP contribution in [0.3, 0.4) is 0 Å². The number of imidazole rings is 1. The van der Waals surface area contributed by atoms with E-state index in [1.54, 1.807) is 4.90 Å². The summed E-state index contributed by atoms with van der Waals surface area (Å²) in [6.45, 7) is 0.595. The Kier molecular flexibility index (Phi) is 3.29. The van der Waals surface area contributed by atoms with Gasteiger partial charge in [-0.2, -0.15) is 0 Å². The molecule has 0 N–H and O–H groups in total. The van der Waals surface area contributed by atoms with E-state index in [-0.39, 0.29) is 17.6 Å². The molecule has 2 aromatic rings. The van der Waals surface area contributed by atoms with Crippen LogP contribution in [0.4, 0.5) is 5.69 Å². The number of aromatic nitrogens is 2. The number of amides is 1. The van der Waals surface area contributed by atoms with E-state index in [1.807, 2.05) is 24.3 Å². The van der Waals surface area contributed by atoms with Crippen molar-refractivity contribution in [1.82, 2.24) is 9.55 Å². The Morgan fingerprint density at radius 3 is 2.86 bits per heavy atom. The second kappa shape index (κ2) is 5.00. The van der Waals surface area contributed by atoms with Crippen LogP contribution in [0.25, 0.3) is 0 Å². The van der Waals surface area contributed by atoms with E-state index < -0.39 is 9.84 Å². The molecule has 1 aliphatic heterocycles. The van der Waals surface area contributed by atoms with Crippen molar-refractivity contribution in [2.24, 2.45) is 0 Å². The summed E-state index contributed by atoms with van der Waals surface area (Å²) in [5.41, 5.74) is 2.04. The van der Waals surface area contributed by atoms with Crippen LogP contribution in [0.1, 0.15) is 5.56 Å². The molecule has 3 rings (SSSR count). The van der Waals surface area contributed by atoms with Crippen molar-refractivity contribution in [2.45, 2.75) is 18.1 Å². The fourth-order valence-corrected chi connectivity index (χ4v) is 3.38. The molecule has 6 nitrogen and oxygen atoms in total. The highest BCUT2D eigenvalue weighted by Gasteiger charge is 2.25. The van der Waals surface area contributed by atoms with E-state index >= 15 is 0 Å². The highest BCUT2D eigenvalue weighted by atomic mass is 32.2. The van der Waals surface area contributed by atoms with Crippen molar-refractivity contribution in [2.75, 3.05) is 17.7 Å². The number of sulfone groups is 1. The molecule has 1 aromatic carbocycles. The van der Waals surface area contributed by atoms with Gasteiger partial charge in [-0.05, 0) is 18.1 Å². The largest absolute Gasteiger partial charge is 0.313 e. The second-order valence-electron chi connectivity index (χ2n) is 5.03. The maximum absolute atomic E-state index is 12.4. The lowest BCUT2D eigenvalue weighted by molar-refractivity contribution is -0.119. The Balaban J connectivity index is 1.85. The molecule has 110 valence electrons. The molecular formula is C14H15N3O3S. The first-order valence-electron chi connectivity index (χ1n) is 6.56. The highest BCUT2D eigenvalue weighted by molar-refractivity contribution is 7.90. The van der Waals surface area contributed by atoms with Crippen LogP contribution in [0.15, 0.2) is 41.8 Å². The minimum absolute atomic E-state index is 0.0310. The van der Waals surface area contributed by atoms with E-state index in [4.69, 9.17) is 0 Å². The molecule has 21 heavy (non-hydrogen) atoms. The molecule has 0 unspecified atom stereocenters. The number of fused-ring (bicyclic) bond motifs is 1. The van der Waals surface area contributed by atoms with Crippen molar-refractivity contribution < 1.29 is 13.2 Å². The summed E-state index contributed by atoms with van der Waals surface area (Å²) in [6, 6.07) is 7.75. The van der Waals surface area contributed by atoms with Crippen LogP contribution in [0, 0.1) is 0 Å². The zero-order chi connectivity index (χ0) is 15.0. The van der Waals surface area contributed by atoms with Crippen molar-refractivity contribution >= 4 is 21.4 Å². The van der Waals surface area contributed by atoms with Crippen LogP contribution in [0.2, 0.25) is 0 Å². The third-order valence-corrected chi connectivity index (χ3v) is 4.51. The monoisotopic (exact) mass is 305 g/mol. The van der Waals surface area contributed by atoms with Crippen LogP contribution in [-0.2, 0) is 27.6 Å². The molecule has 0 radical (unpaired) electrons. The third-order valence-electron chi connectivity index (χ3n) is 3.50. The number of hydrogen-bond donors (Lipinski definition) is 0. The van der Waals surface area contributed by atoms with Crippen LogP contribution in [0.5, 0.6) is 0 Å². The molecular weight excluding hydrogens is 290 g/mol. The Morgan fingerprint density at radius 2 is 2.10 bits per heavy atom. The number of carbonyl (C=O) groups is 1. The number of hydrogen-bond acceptors (Lipinski definition) is 4. The van der Waals surface area contributed by atoms with E-state index in [9.17, 15) is 13.2 Å². The molecule has 1 amide bonds. The van der Waals surface area contributed by atoms with Gasteiger partial charge in [0.25, 0.3) is 0 Å². The molecule has 0 atom stereocenters. The van der Waals surface area contributed by atoms with Crippen molar-refractivity contribution in [1.29, 1.82) is 0 Å². The Labute approximate surface area is 122 Å². The van der Waals surface area contributed by atoms with Crippen LogP contribution in [-0.4, -0.2) is 36.7 Å². The maximum atomic E-state index is 12.4. The molecule has 1 aromatic heterocycles. The maximum Gasteiger partial charge on any atom is 0.247 e. The molecule has 0 fully saturated rings. The lowest BCUT2D eigenvalue weighted by Gasteiger charge is -2.18. The average Bonchev–Trinajstić information content (AvgIpc) is 3.03. The number of nitrogens with zero attached hydrogens (tertiary/aromatic N) is 3. The van der Waals surface area contributed by atoms with Crippen molar-refractivity contribution in [3.05, 3.63) is 42.2 Å². The second-order valence-corrected chi connectivity index (χ2v) is 6.94. The smallest absolute Gasteiger partial charge is 0.247 e. The molecule has 0 saturated heterocycles. The minimum atomic E-state index is -3.44. The fourth-order valence-electron chi connectivity index (χ4n) is 2.57. The molecule has 0 spiro atoms. The zero-order valence-corrected chi connectivity index (χ0v) is 12.4. The number of rotatable bonds is 3. The summed E-state index contributed by atoms with van der Waals surface area (Å²) in [4.78, 5) is 17.9. The van der Waals surface area contributed by atoms with Gasteiger partial charge in [0.15, 0.2) is 0 Å². The summed E-state index contributed by atoms with van der Waals surface area (Å²) in [5, 5.41) is -0.0802. The summed E-state index contributed by atoms with van der Waals surface area (Å²) in [7, 11) is -3.44. The van der Waals surface area contributed by atoms with Gasteiger partial charge < -0.3 is 9.47 Å². The average molecular weight is 305 g/mol. The van der Waals surface area contributed by atoms with Crippen molar-refractivity contribution in [3.8, 4) is 0 Å². The number of benzene rings is 1. The summed E-state index contributed by atoms with van der Waals surface area (Å²) in [5.74, 6) is -0.136. The van der Waals surface area contributed by atoms with E-state index in [0.717, 1.165) is 23.9 Å². The molecule has 0 bridgehead atoms. The van der Waals surface area contributed by atoms with Gasteiger partial charge in [-0.3, -0.25) is 4.79 Å². The van der Waals surface area contributed by atoms with Gasteiger partial charge in [0.2, 0.25) is 20.9 Å². The summed E-state index contributed by atoms with van der Waals surface area (Å²) >= 11 is 0. The van der Waals surface area contributed by atoms with Gasteiger partial charge in [0.05, 0.1) is 0 Å². The molecule has 0 aliphatic carbocycles. The Hall–Kier alpha value is -2.15. The quantitative estimate of drug-likeness (QED) is 0.844. The standard InChI is InChI=1S/C14H15N3O3S/c1-21(19,20)14-15-7-9-16(14)10-13(18)17-8-6-11-4-2-3-5-12(11)17/h2-5,7,9H,6,8,10H2,1H3. The summed E-state index contributed by atoms with van der Waals surface area (Å²) in [6.07, 6.45) is 4.81. The SMILES string of the molecule is CS(=O)(=O)c1nccn1CC(=O)N1CCc2ccccc21. The molecule has 2 heterocycles. The van der Waals surface area contributed by atoms with Gasteiger partial charge in [-0.25, -0.2) is 13.4 Å². The van der Waals surface area contributed by atoms with Gasteiger partial charge in [0.1, 0.15) is 6.54 Å². The van der Waals surface area contributed by atoms with Gasteiger partial charge in [0, 0.05) is 30.9 Å². The predicted octanol–water partition coefficient (Wildman–Crippen LogP) is 0.876. The van der Waals surface area contributed by atoms with E-state index in [2.05, 4.69) is 4.98 Å². The third kappa shape index (κ3) is 2.56. The van der Waals surface area contributed by atoms with Crippen molar-refractivity contribution in [3.63, 3.8) is 0 Å². The number of anilines is 1. The van der Waals surface area contributed by atoms with Crippen LogP contribution < -0.4 is 4.90 Å². The minimum Gasteiger partial charge on any atom is -0.313 e. The normalized spacial score (nSPS) is 14.2. The van der Waals surface area contributed by atoms with Gasteiger partial charge in [-0.1, -0.05) is 18.2 Å². The molecule has 7 heteroatoms.